The second-order valence-electron chi connectivity index (χ2n) is 8.24. The first-order valence-corrected chi connectivity index (χ1v) is 10.8. The molecule has 0 unspecified atom stereocenters. The SMILES string of the molecule is CNC(=O)c1ccc(O)cc1OC[C@H](O)CN1CCC2(CC1)Cc1cc(Cl)ccc1O2. The van der Waals surface area contributed by atoms with E-state index in [1.54, 1.807) is 0 Å². The van der Waals surface area contributed by atoms with Gasteiger partial charge in [-0.1, -0.05) is 11.6 Å². The van der Waals surface area contributed by atoms with Gasteiger partial charge in [-0.25, -0.2) is 0 Å². The van der Waals surface area contributed by atoms with Crippen molar-refractivity contribution in [3.8, 4) is 17.2 Å². The number of aliphatic hydroxyl groups excluding tert-OH is 1. The molecule has 0 radical (unpaired) electrons. The Bertz CT molecular complexity index is 959. The van der Waals surface area contributed by atoms with Gasteiger partial charge in [-0.2, -0.15) is 0 Å². The number of phenolic OH excluding ortho intramolecular Hbond substituents is 1. The number of rotatable bonds is 6. The number of hydrogen-bond acceptors (Lipinski definition) is 6. The number of phenols is 1. The molecule has 8 heteroatoms. The number of ether oxygens (including phenoxy) is 2. The number of likely N-dealkylation sites (tertiary alicyclic amines) is 1. The molecule has 2 aromatic rings. The average Bonchev–Trinajstić information content (AvgIpc) is 3.10. The Balaban J connectivity index is 1.28. The van der Waals surface area contributed by atoms with E-state index in [-0.39, 0.29) is 29.6 Å². The molecule has 2 aliphatic rings. The van der Waals surface area contributed by atoms with Crippen LogP contribution in [0.1, 0.15) is 28.8 Å². The molecule has 0 saturated carbocycles. The number of piperidine rings is 1. The third-order valence-corrected chi connectivity index (χ3v) is 6.20. The summed E-state index contributed by atoms with van der Waals surface area (Å²) in [5.41, 5.74) is 1.28. The summed E-state index contributed by atoms with van der Waals surface area (Å²) >= 11 is 6.11. The monoisotopic (exact) mass is 446 g/mol. The van der Waals surface area contributed by atoms with Crippen molar-refractivity contribution in [2.75, 3.05) is 33.3 Å². The number of carbonyl (C=O) groups excluding carboxylic acids is 1. The lowest BCUT2D eigenvalue weighted by Gasteiger charge is -2.39. The molecule has 4 rings (SSSR count). The van der Waals surface area contributed by atoms with Crippen LogP contribution in [0.15, 0.2) is 36.4 Å². The normalized spacial score (nSPS) is 18.3. The summed E-state index contributed by atoms with van der Waals surface area (Å²) in [7, 11) is 1.53. The highest BCUT2D eigenvalue weighted by molar-refractivity contribution is 6.30. The third kappa shape index (κ3) is 4.89. The van der Waals surface area contributed by atoms with Crippen LogP contribution in [0.3, 0.4) is 0 Å². The molecule has 2 aromatic carbocycles. The number of amides is 1. The van der Waals surface area contributed by atoms with Gasteiger partial charge in [-0.15, -0.1) is 0 Å². The topological polar surface area (TPSA) is 91.3 Å². The molecule has 0 bridgehead atoms. The number of halogens is 1. The van der Waals surface area contributed by atoms with E-state index in [0.717, 1.165) is 48.7 Å². The summed E-state index contributed by atoms with van der Waals surface area (Å²) in [4.78, 5) is 14.2. The first kappa shape index (κ1) is 21.7. The van der Waals surface area contributed by atoms with Crippen LogP contribution < -0.4 is 14.8 Å². The van der Waals surface area contributed by atoms with Crippen molar-refractivity contribution >= 4 is 17.5 Å². The van der Waals surface area contributed by atoms with Gasteiger partial charge < -0.3 is 29.9 Å². The predicted molar refractivity (Wildman–Crippen MR) is 117 cm³/mol. The summed E-state index contributed by atoms with van der Waals surface area (Å²) in [5, 5.41) is 23.4. The fourth-order valence-electron chi connectivity index (χ4n) is 4.31. The Labute approximate surface area is 186 Å². The standard InChI is InChI=1S/C23H27ClN2O5/c1-25-22(29)19-4-3-17(27)11-21(19)30-14-18(28)13-26-8-6-23(7-9-26)12-15-10-16(24)2-5-20(15)31-23/h2-5,10-11,18,27-28H,6-9,12-14H2,1H3,(H,25,29)/t18-/m1/s1. The minimum atomic E-state index is -0.727. The summed E-state index contributed by atoms with van der Waals surface area (Å²) in [5.74, 6) is 0.845. The van der Waals surface area contributed by atoms with Crippen LogP contribution in [0, 0.1) is 0 Å². The molecule has 1 atom stereocenters. The smallest absolute Gasteiger partial charge is 0.254 e. The van der Waals surface area contributed by atoms with E-state index in [4.69, 9.17) is 21.1 Å². The average molecular weight is 447 g/mol. The zero-order valence-corrected chi connectivity index (χ0v) is 18.2. The highest BCUT2D eigenvalue weighted by atomic mass is 35.5. The highest BCUT2D eigenvalue weighted by Crippen LogP contribution is 2.41. The lowest BCUT2D eigenvalue weighted by Crippen LogP contribution is -2.49. The number of carbonyl (C=O) groups is 1. The van der Waals surface area contributed by atoms with Gasteiger partial charge in [0.05, 0.1) is 5.56 Å². The number of nitrogens with zero attached hydrogens (tertiary/aromatic N) is 1. The molecule has 3 N–H and O–H groups in total. The fraction of sp³-hybridized carbons (Fsp3) is 0.435. The fourth-order valence-corrected chi connectivity index (χ4v) is 4.51. The molecule has 1 fully saturated rings. The zero-order valence-electron chi connectivity index (χ0n) is 17.4. The number of aromatic hydroxyl groups is 1. The molecule has 7 nitrogen and oxygen atoms in total. The number of β-amino-alcohol motifs (C(OH)–C–C–N with tert-alkyl or cyclic N) is 1. The Kier molecular flexibility index (Phi) is 6.27. The van der Waals surface area contributed by atoms with Gasteiger partial charge in [0.2, 0.25) is 0 Å². The van der Waals surface area contributed by atoms with Gasteiger partial charge in [0.15, 0.2) is 0 Å². The van der Waals surface area contributed by atoms with E-state index in [2.05, 4.69) is 10.2 Å². The largest absolute Gasteiger partial charge is 0.508 e. The molecule has 166 valence electrons. The summed E-state index contributed by atoms with van der Waals surface area (Å²) in [6, 6.07) is 10.1. The Morgan fingerprint density at radius 1 is 1.29 bits per heavy atom. The van der Waals surface area contributed by atoms with E-state index in [9.17, 15) is 15.0 Å². The molecule has 2 aliphatic heterocycles. The van der Waals surface area contributed by atoms with Gasteiger partial charge >= 0.3 is 0 Å². The van der Waals surface area contributed by atoms with Crippen molar-refractivity contribution in [3.05, 3.63) is 52.5 Å². The first-order valence-electron chi connectivity index (χ1n) is 10.4. The van der Waals surface area contributed by atoms with E-state index in [0.29, 0.717) is 12.1 Å². The van der Waals surface area contributed by atoms with Gasteiger partial charge in [-0.05, 0) is 35.9 Å². The molecule has 0 aromatic heterocycles. The van der Waals surface area contributed by atoms with Crippen molar-refractivity contribution in [2.45, 2.75) is 31.0 Å². The Morgan fingerprint density at radius 3 is 2.81 bits per heavy atom. The second-order valence-corrected chi connectivity index (χ2v) is 8.68. The van der Waals surface area contributed by atoms with Gasteiger partial charge in [0, 0.05) is 57.0 Å². The lowest BCUT2D eigenvalue weighted by atomic mass is 9.87. The van der Waals surface area contributed by atoms with Gasteiger partial charge in [-0.3, -0.25) is 4.79 Å². The molecule has 1 saturated heterocycles. The third-order valence-electron chi connectivity index (χ3n) is 5.97. The molecule has 1 spiro atoms. The Morgan fingerprint density at radius 2 is 2.06 bits per heavy atom. The van der Waals surface area contributed by atoms with Crippen LogP contribution in [-0.2, 0) is 6.42 Å². The molecule has 0 aliphatic carbocycles. The van der Waals surface area contributed by atoms with E-state index in [1.165, 1.54) is 25.2 Å². The number of hydrogen-bond donors (Lipinski definition) is 3. The van der Waals surface area contributed by atoms with Crippen LogP contribution in [-0.4, -0.2) is 66.0 Å². The van der Waals surface area contributed by atoms with Crippen LogP contribution in [0.5, 0.6) is 17.2 Å². The maximum atomic E-state index is 12.0. The lowest BCUT2D eigenvalue weighted by molar-refractivity contribution is -0.00200. The summed E-state index contributed by atoms with van der Waals surface area (Å²) < 4.78 is 11.9. The predicted octanol–water partition coefficient (Wildman–Crippen LogP) is 2.61. The molecular formula is C23H27ClN2O5. The molecular weight excluding hydrogens is 420 g/mol. The van der Waals surface area contributed by atoms with Gasteiger partial charge in [0.1, 0.15) is 35.6 Å². The van der Waals surface area contributed by atoms with Crippen LogP contribution in [0.25, 0.3) is 0 Å². The quantitative estimate of drug-likeness (QED) is 0.632. The summed E-state index contributed by atoms with van der Waals surface area (Å²) in [6.45, 7) is 2.11. The van der Waals surface area contributed by atoms with Crippen molar-refractivity contribution in [2.24, 2.45) is 0 Å². The molecule has 2 heterocycles. The second kappa shape index (κ2) is 8.94. The molecule has 31 heavy (non-hydrogen) atoms. The maximum Gasteiger partial charge on any atom is 0.254 e. The minimum Gasteiger partial charge on any atom is -0.508 e. The number of benzene rings is 2. The van der Waals surface area contributed by atoms with Crippen molar-refractivity contribution in [1.82, 2.24) is 10.2 Å². The number of fused-ring (bicyclic) bond motifs is 1. The summed E-state index contributed by atoms with van der Waals surface area (Å²) in [6.07, 6.45) is 1.89. The van der Waals surface area contributed by atoms with E-state index < -0.39 is 6.10 Å². The van der Waals surface area contributed by atoms with Crippen LogP contribution >= 0.6 is 11.6 Å². The number of aliphatic hydroxyl groups is 1. The van der Waals surface area contributed by atoms with Crippen LogP contribution in [0.4, 0.5) is 0 Å². The number of nitrogens with one attached hydrogen (secondary N) is 1. The van der Waals surface area contributed by atoms with E-state index in [1.807, 2.05) is 18.2 Å². The Hall–Kier alpha value is -2.48. The first-order chi connectivity index (χ1) is 14.9. The highest BCUT2D eigenvalue weighted by Gasteiger charge is 2.42. The zero-order chi connectivity index (χ0) is 22.0. The van der Waals surface area contributed by atoms with Crippen molar-refractivity contribution < 1.29 is 24.5 Å². The van der Waals surface area contributed by atoms with E-state index >= 15 is 0 Å². The molecule has 1 amide bonds. The maximum absolute atomic E-state index is 12.0. The minimum absolute atomic E-state index is 0.00248. The van der Waals surface area contributed by atoms with Gasteiger partial charge in [0.25, 0.3) is 5.91 Å². The van der Waals surface area contributed by atoms with Crippen molar-refractivity contribution in [3.63, 3.8) is 0 Å². The van der Waals surface area contributed by atoms with Crippen LogP contribution in [0.2, 0.25) is 5.02 Å². The van der Waals surface area contributed by atoms with Crippen molar-refractivity contribution in [1.29, 1.82) is 0 Å².